The maximum atomic E-state index is 11.9. The molecule has 1 aromatic rings. The van der Waals surface area contributed by atoms with Gasteiger partial charge in [0.2, 0.25) is 0 Å². The summed E-state index contributed by atoms with van der Waals surface area (Å²) in [7, 11) is 0. The van der Waals surface area contributed by atoms with E-state index < -0.39 is 5.97 Å². The monoisotopic (exact) mass is 361 g/mol. The topological polar surface area (TPSA) is 66.4 Å². The van der Waals surface area contributed by atoms with Crippen molar-refractivity contribution in [3.63, 3.8) is 0 Å². The molecule has 0 bridgehead atoms. The molecule has 0 fully saturated rings. The standard InChI is InChI=1S/C13H16INO3/c1-9-10(5-4-6-11(9)14)13(18)15-8-3-2-7-12(16)17/h4-6H,2-3,7-8H2,1H3,(H,15,18)(H,16,17). The van der Waals surface area contributed by atoms with Crippen molar-refractivity contribution in [3.8, 4) is 0 Å². The lowest BCUT2D eigenvalue weighted by molar-refractivity contribution is -0.137. The molecule has 1 rings (SSSR count). The second-order valence-electron chi connectivity index (χ2n) is 4.02. The van der Waals surface area contributed by atoms with E-state index in [1.807, 2.05) is 19.1 Å². The number of aliphatic carboxylic acids is 1. The molecule has 0 unspecified atom stereocenters. The van der Waals surface area contributed by atoms with Gasteiger partial charge >= 0.3 is 5.97 Å². The normalized spacial score (nSPS) is 10.1. The van der Waals surface area contributed by atoms with E-state index in [-0.39, 0.29) is 12.3 Å². The number of nitrogens with one attached hydrogen (secondary N) is 1. The lowest BCUT2D eigenvalue weighted by Crippen LogP contribution is -2.25. The van der Waals surface area contributed by atoms with Crippen molar-refractivity contribution in [2.45, 2.75) is 26.2 Å². The molecular formula is C13H16INO3. The average molecular weight is 361 g/mol. The summed E-state index contributed by atoms with van der Waals surface area (Å²) in [5.41, 5.74) is 1.65. The van der Waals surface area contributed by atoms with Gasteiger partial charge in [-0.3, -0.25) is 9.59 Å². The maximum absolute atomic E-state index is 11.9. The number of unbranched alkanes of at least 4 members (excludes halogenated alkanes) is 1. The Balaban J connectivity index is 2.41. The number of amides is 1. The number of carboxylic acids is 1. The van der Waals surface area contributed by atoms with Gasteiger partial charge in [-0.1, -0.05) is 6.07 Å². The molecule has 5 heteroatoms. The van der Waals surface area contributed by atoms with Crippen molar-refractivity contribution in [1.29, 1.82) is 0 Å². The summed E-state index contributed by atoms with van der Waals surface area (Å²) in [6.45, 7) is 2.43. The van der Waals surface area contributed by atoms with E-state index in [2.05, 4.69) is 27.9 Å². The first-order valence-corrected chi connectivity index (χ1v) is 6.85. The van der Waals surface area contributed by atoms with Gasteiger partial charge in [-0.2, -0.15) is 0 Å². The third-order valence-electron chi connectivity index (χ3n) is 2.62. The van der Waals surface area contributed by atoms with Crippen LogP contribution in [0.25, 0.3) is 0 Å². The zero-order valence-corrected chi connectivity index (χ0v) is 12.4. The lowest BCUT2D eigenvalue weighted by atomic mass is 10.1. The maximum Gasteiger partial charge on any atom is 0.303 e. The van der Waals surface area contributed by atoms with Crippen LogP contribution in [-0.4, -0.2) is 23.5 Å². The molecular weight excluding hydrogens is 345 g/mol. The van der Waals surface area contributed by atoms with Crippen LogP contribution in [0.5, 0.6) is 0 Å². The SMILES string of the molecule is Cc1c(I)cccc1C(=O)NCCCCC(=O)O. The van der Waals surface area contributed by atoms with Crippen LogP contribution >= 0.6 is 22.6 Å². The number of halogens is 1. The fourth-order valence-corrected chi connectivity index (χ4v) is 2.05. The van der Waals surface area contributed by atoms with E-state index in [1.54, 1.807) is 6.07 Å². The molecule has 4 nitrogen and oxygen atoms in total. The van der Waals surface area contributed by atoms with Gasteiger partial charge in [0.25, 0.3) is 5.91 Å². The Morgan fingerprint density at radius 2 is 2.06 bits per heavy atom. The van der Waals surface area contributed by atoms with Gasteiger partial charge in [-0.25, -0.2) is 0 Å². The smallest absolute Gasteiger partial charge is 0.303 e. The highest BCUT2D eigenvalue weighted by Crippen LogP contribution is 2.15. The summed E-state index contributed by atoms with van der Waals surface area (Å²) in [6.07, 6.45) is 1.42. The molecule has 0 saturated carbocycles. The van der Waals surface area contributed by atoms with Crippen LogP contribution < -0.4 is 5.32 Å². The lowest BCUT2D eigenvalue weighted by Gasteiger charge is -2.08. The van der Waals surface area contributed by atoms with Crippen LogP contribution in [-0.2, 0) is 4.79 Å². The van der Waals surface area contributed by atoms with Crippen molar-refractivity contribution in [2.24, 2.45) is 0 Å². The highest BCUT2D eigenvalue weighted by atomic mass is 127. The van der Waals surface area contributed by atoms with E-state index in [1.165, 1.54) is 0 Å². The van der Waals surface area contributed by atoms with Crippen molar-refractivity contribution in [2.75, 3.05) is 6.54 Å². The van der Waals surface area contributed by atoms with E-state index in [4.69, 9.17) is 5.11 Å². The summed E-state index contributed by atoms with van der Waals surface area (Å²) in [5, 5.41) is 11.3. The van der Waals surface area contributed by atoms with Gasteiger partial charge in [0.05, 0.1) is 0 Å². The first-order valence-electron chi connectivity index (χ1n) is 5.77. The number of carbonyl (C=O) groups excluding carboxylic acids is 1. The Bertz CT molecular complexity index is 446. The number of rotatable bonds is 6. The molecule has 1 amide bonds. The fourth-order valence-electron chi connectivity index (χ4n) is 1.55. The Kier molecular flexibility index (Phi) is 6.11. The van der Waals surface area contributed by atoms with Crippen molar-refractivity contribution >= 4 is 34.5 Å². The first-order chi connectivity index (χ1) is 8.52. The van der Waals surface area contributed by atoms with Crippen LogP contribution in [0.4, 0.5) is 0 Å². The zero-order valence-electron chi connectivity index (χ0n) is 10.2. The summed E-state index contributed by atoms with van der Waals surface area (Å²) >= 11 is 2.20. The minimum Gasteiger partial charge on any atom is -0.481 e. The Labute approximate surface area is 120 Å². The van der Waals surface area contributed by atoms with E-state index in [9.17, 15) is 9.59 Å². The predicted molar refractivity (Wildman–Crippen MR) is 77.7 cm³/mol. The van der Waals surface area contributed by atoms with Crippen LogP contribution in [0, 0.1) is 10.5 Å². The molecule has 0 radical (unpaired) electrons. The van der Waals surface area contributed by atoms with E-state index in [0.717, 1.165) is 9.13 Å². The average Bonchev–Trinajstić information content (AvgIpc) is 2.31. The van der Waals surface area contributed by atoms with Crippen LogP contribution in [0.1, 0.15) is 35.2 Å². The number of hydrogen-bond acceptors (Lipinski definition) is 2. The third kappa shape index (κ3) is 4.64. The molecule has 0 aliphatic carbocycles. The fraction of sp³-hybridized carbons (Fsp3) is 0.385. The third-order valence-corrected chi connectivity index (χ3v) is 3.78. The van der Waals surface area contributed by atoms with E-state index in [0.29, 0.717) is 24.9 Å². The van der Waals surface area contributed by atoms with E-state index >= 15 is 0 Å². The van der Waals surface area contributed by atoms with Gasteiger partial charge in [0.1, 0.15) is 0 Å². The second kappa shape index (κ2) is 7.35. The quantitative estimate of drug-likeness (QED) is 0.605. The Hall–Kier alpha value is -1.11. The van der Waals surface area contributed by atoms with Gasteiger partial charge in [0, 0.05) is 22.1 Å². The summed E-state index contributed by atoms with van der Waals surface area (Å²) in [5.74, 6) is -0.892. The summed E-state index contributed by atoms with van der Waals surface area (Å²) in [4.78, 5) is 22.2. The molecule has 1 aromatic carbocycles. The van der Waals surface area contributed by atoms with Crippen LogP contribution in [0.15, 0.2) is 18.2 Å². The molecule has 0 heterocycles. The number of hydrogen-bond donors (Lipinski definition) is 2. The minimum absolute atomic E-state index is 0.0960. The van der Waals surface area contributed by atoms with Crippen molar-refractivity contribution < 1.29 is 14.7 Å². The van der Waals surface area contributed by atoms with Crippen molar-refractivity contribution in [3.05, 3.63) is 32.9 Å². The second-order valence-corrected chi connectivity index (χ2v) is 5.18. The number of carboxylic acid groups (broad SMARTS) is 1. The molecule has 0 spiro atoms. The number of carbonyl (C=O) groups is 2. The largest absolute Gasteiger partial charge is 0.481 e. The zero-order chi connectivity index (χ0) is 13.5. The molecule has 0 atom stereocenters. The highest BCUT2D eigenvalue weighted by Gasteiger charge is 2.09. The predicted octanol–water partition coefficient (Wildman–Crippen LogP) is 2.58. The molecule has 0 aromatic heterocycles. The van der Waals surface area contributed by atoms with Gasteiger partial charge < -0.3 is 10.4 Å². The Morgan fingerprint density at radius 3 is 2.72 bits per heavy atom. The van der Waals surface area contributed by atoms with Gasteiger partial charge in [-0.05, 0) is 60.1 Å². The molecule has 0 aliphatic heterocycles. The highest BCUT2D eigenvalue weighted by molar-refractivity contribution is 14.1. The van der Waals surface area contributed by atoms with Crippen molar-refractivity contribution in [1.82, 2.24) is 5.32 Å². The van der Waals surface area contributed by atoms with Crippen LogP contribution in [0.3, 0.4) is 0 Å². The first kappa shape index (κ1) is 14.9. The van der Waals surface area contributed by atoms with Gasteiger partial charge in [-0.15, -0.1) is 0 Å². The van der Waals surface area contributed by atoms with Gasteiger partial charge in [0.15, 0.2) is 0 Å². The molecule has 98 valence electrons. The summed E-state index contributed by atoms with van der Waals surface area (Å²) in [6, 6.07) is 5.61. The molecule has 18 heavy (non-hydrogen) atoms. The summed E-state index contributed by atoms with van der Waals surface area (Å²) < 4.78 is 1.06. The van der Waals surface area contributed by atoms with Crippen LogP contribution in [0.2, 0.25) is 0 Å². The minimum atomic E-state index is -0.796. The molecule has 0 saturated heterocycles. The Morgan fingerprint density at radius 1 is 1.33 bits per heavy atom. The molecule has 0 aliphatic rings. The molecule has 2 N–H and O–H groups in total. The number of benzene rings is 1.